The highest BCUT2D eigenvalue weighted by Gasteiger charge is 2.19. The number of nitrogens with one attached hydrogen (secondary N) is 2. The van der Waals surface area contributed by atoms with Gasteiger partial charge in [0, 0.05) is 18.8 Å². The fourth-order valence-electron chi connectivity index (χ4n) is 2.30. The quantitative estimate of drug-likeness (QED) is 0.245. The number of benzene rings is 1. The van der Waals surface area contributed by atoms with E-state index in [4.69, 9.17) is 10.2 Å². The lowest BCUT2D eigenvalue weighted by molar-refractivity contribution is -0.109. The van der Waals surface area contributed by atoms with Crippen molar-refractivity contribution in [3.05, 3.63) is 59.9 Å². The molecular formula is C18H18N4O8S. The van der Waals surface area contributed by atoms with Crippen molar-refractivity contribution in [1.29, 1.82) is 0 Å². The van der Waals surface area contributed by atoms with Crippen molar-refractivity contribution >= 4 is 28.2 Å². The van der Waals surface area contributed by atoms with Crippen molar-refractivity contribution in [1.82, 2.24) is 20.0 Å². The van der Waals surface area contributed by atoms with Gasteiger partial charge in [-0.15, -0.1) is 0 Å². The van der Waals surface area contributed by atoms with E-state index in [0.29, 0.717) is 6.29 Å². The smallest absolute Gasteiger partial charge is 0.339 e. The monoisotopic (exact) mass is 450 g/mol. The maximum absolute atomic E-state index is 12.3. The maximum Gasteiger partial charge on any atom is 0.339 e. The number of hydrogen-bond donors (Lipinski definition) is 5. The second-order valence-electron chi connectivity index (χ2n) is 6.18. The van der Waals surface area contributed by atoms with E-state index in [9.17, 15) is 27.9 Å². The number of carboxylic acids is 1. The van der Waals surface area contributed by atoms with Gasteiger partial charge in [-0.2, -0.15) is 0 Å². The van der Waals surface area contributed by atoms with Crippen LogP contribution in [-0.2, 0) is 21.4 Å². The maximum atomic E-state index is 12.3. The summed E-state index contributed by atoms with van der Waals surface area (Å²) in [7, 11) is -4.14. The van der Waals surface area contributed by atoms with Crippen LogP contribution >= 0.6 is 0 Å². The fraction of sp³-hybridized carbons (Fsp3) is 0.167. The van der Waals surface area contributed by atoms with E-state index in [0.717, 1.165) is 30.6 Å². The number of carboxylic acid groups (broad SMARTS) is 1. The average molecular weight is 450 g/mol. The molecule has 2 aromatic rings. The molecule has 1 aromatic carbocycles. The first-order valence-electron chi connectivity index (χ1n) is 8.53. The molecule has 0 fully saturated rings. The zero-order valence-electron chi connectivity index (χ0n) is 15.8. The molecule has 31 heavy (non-hydrogen) atoms. The molecule has 1 heterocycles. The third-order valence-electron chi connectivity index (χ3n) is 3.83. The fourth-order valence-corrected chi connectivity index (χ4v) is 3.30. The summed E-state index contributed by atoms with van der Waals surface area (Å²) >= 11 is 0. The molecule has 164 valence electrons. The highest BCUT2D eigenvalue weighted by molar-refractivity contribution is 7.89. The molecule has 0 saturated carbocycles. The highest BCUT2D eigenvalue weighted by atomic mass is 32.2. The van der Waals surface area contributed by atoms with E-state index in [2.05, 4.69) is 26.6 Å². The molecule has 2 rings (SSSR count). The topological polar surface area (TPSA) is 196 Å². The standard InChI is InChI=1S/C18H18N4O8S/c1-10(24)4-12(9-23)22-17(26)11-6-19-16(20-7-11)8-21-31(29,30)13-2-3-15(25)14(5-13)18(27)28/h2-3,5-7,9,12,21,24-25H,1,4,8H2,(H,22,26)(H,27,28). The van der Waals surface area contributed by atoms with Crippen LogP contribution in [0.3, 0.4) is 0 Å². The van der Waals surface area contributed by atoms with E-state index < -0.39 is 39.3 Å². The molecule has 0 aliphatic carbocycles. The minimum atomic E-state index is -4.14. The van der Waals surface area contributed by atoms with E-state index >= 15 is 0 Å². The molecule has 0 radical (unpaired) electrons. The second kappa shape index (κ2) is 9.77. The Morgan fingerprint density at radius 1 is 1.19 bits per heavy atom. The number of phenols is 1. The molecular weight excluding hydrogens is 432 g/mol. The Labute approximate surface area is 176 Å². The number of nitrogens with zero attached hydrogens (tertiary/aromatic N) is 2. The highest BCUT2D eigenvalue weighted by Crippen LogP contribution is 2.21. The van der Waals surface area contributed by atoms with Crippen LogP contribution in [0, 0.1) is 0 Å². The summed E-state index contributed by atoms with van der Waals surface area (Å²) in [5, 5.41) is 29.9. The average Bonchev–Trinajstić information content (AvgIpc) is 2.71. The van der Waals surface area contributed by atoms with Gasteiger partial charge in [0.2, 0.25) is 10.0 Å². The molecule has 12 nitrogen and oxygen atoms in total. The molecule has 0 aliphatic heterocycles. The Bertz CT molecular complexity index is 1120. The Hall–Kier alpha value is -3.84. The van der Waals surface area contributed by atoms with Crippen LogP contribution < -0.4 is 10.0 Å². The lowest BCUT2D eigenvalue weighted by Crippen LogP contribution is -2.36. The number of amides is 1. The molecule has 0 spiro atoms. The first-order valence-corrected chi connectivity index (χ1v) is 10.0. The molecule has 1 amide bonds. The number of aldehydes is 1. The van der Waals surface area contributed by atoms with Gasteiger partial charge in [0.25, 0.3) is 5.91 Å². The van der Waals surface area contributed by atoms with Gasteiger partial charge in [-0.05, 0) is 18.2 Å². The SMILES string of the molecule is C=C(O)CC(C=O)NC(=O)c1cnc(CNS(=O)(=O)c2ccc(O)c(C(=O)O)c2)nc1. The number of rotatable bonds is 10. The van der Waals surface area contributed by atoms with Crippen LogP contribution in [0.25, 0.3) is 0 Å². The number of aliphatic hydroxyl groups excluding tert-OH is 1. The summed E-state index contributed by atoms with van der Waals surface area (Å²) < 4.78 is 26.9. The van der Waals surface area contributed by atoms with Crippen LogP contribution in [0.15, 0.2) is 47.8 Å². The Morgan fingerprint density at radius 2 is 1.84 bits per heavy atom. The van der Waals surface area contributed by atoms with Gasteiger partial charge in [-0.3, -0.25) is 4.79 Å². The molecule has 0 bridgehead atoms. The van der Waals surface area contributed by atoms with Crippen LogP contribution in [0.2, 0.25) is 0 Å². The molecule has 1 atom stereocenters. The number of aromatic nitrogens is 2. The Balaban J connectivity index is 2.05. The van der Waals surface area contributed by atoms with Gasteiger partial charge in [-0.1, -0.05) is 6.58 Å². The van der Waals surface area contributed by atoms with Gasteiger partial charge in [-0.25, -0.2) is 27.9 Å². The number of sulfonamides is 1. The van der Waals surface area contributed by atoms with E-state index in [-0.39, 0.29) is 35.0 Å². The van der Waals surface area contributed by atoms with Crippen LogP contribution in [0.4, 0.5) is 0 Å². The lowest BCUT2D eigenvalue weighted by Gasteiger charge is -2.12. The predicted molar refractivity (Wildman–Crippen MR) is 105 cm³/mol. The van der Waals surface area contributed by atoms with Crippen LogP contribution in [0.1, 0.15) is 33.0 Å². The zero-order chi connectivity index (χ0) is 23.2. The van der Waals surface area contributed by atoms with Gasteiger partial charge >= 0.3 is 5.97 Å². The van der Waals surface area contributed by atoms with E-state index in [1.165, 1.54) is 0 Å². The van der Waals surface area contributed by atoms with Crippen molar-refractivity contribution in [2.45, 2.75) is 23.9 Å². The first-order chi connectivity index (χ1) is 14.5. The molecule has 0 saturated heterocycles. The third-order valence-corrected chi connectivity index (χ3v) is 5.23. The van der Waals surface area contributed by atoms with Crippen molar-refractivity contribution in [3.63, 3.8) is 0 Å². The van der Waals surface area contributed by atoms with Gasteiger partial charge in [0.1, 0.15) is 23.4 Å². The summed E-state index contributed by atoms with van der Waals surface area (Å²) in [5.74, 6) is -3.03. The van der Waals surface area contributed by atoms with Crippen LogP contribution in [0.5, 0.6) is 5.75 Å². The molecule has 1 unspecified atom stereocenters. The minimum absolute atomic E-state index is 0.00744. The molecule has 0 aliphatic rings. The van der Waals surface area contributed by atoms with Gasteiger partial charge < -0.3 is 25.4 Å². The Morgan fingerprint density at radius 3 is 2.39 bits per heavy atom. The predicted octanol–water partition coefficient (Wildman–Crippen LogP) is 0.118. The third kappa shape index (κ3) is 6.32. The summed E-state index contributed by atoms with van der Waals surface area (Å²) in [6.07, 6.45) is 2.51. The molecule has 5 N–H and O–H groups in total. The normalized spacial score (nSPS) is 12.0. The summed E-state index contributed by atoms with van der Waals surface area (Å²) in [4.78, 5) is 41.4. The Kier molecular flexibility index (Phi) is 7.39. The van der Waals surface area contributed by atoms with Gasteiger partial charge in [0.15, 0.2) is 0 Å². The zero-order valence-corrected chi connectivity index (χ0v) is 16.7. The summed E-state index contributed by atoms with van der Waals surface area (Å²) in [5.41, 5.74) is -0.584. The number of aliphatic hydroxyl groups is 1. The first kappa shape index (κ1) is 23.4. The summed E-state index contributed by atoms with van der Waals surface area (Å²) in [6.45, 7) is 2.87. The van der Waals surface area contributed by atoms with E-state index in [1.807, 2.05) is 0 Å². The molecule has 1 aromatic heterocycles. The second-order valence-corrected chi connectivity index (χ2v) is 7.95. The van der Waals surface area contributed by atoms with Crippen molar-refractivity contribution in [2.75, 3.05) is 0 Å². The van der Waals surface area contributed by atoms with Crippen LogP contribution in [-0.4, -0.2) is 57.9 Å². The summed E-state index contributed by atoms with van der Waals surface area (Å²) in [6, 6.07) is 1.79. The molecule has 13 heteroatoms. The number of aromatic carboxylic acids is 1. The van der Waals surface area contributed by atoms with Gasteiger partial charge in [0.05, 0.1) is 28.8 Å². The van der Waals surface area contributed by atoms with Crippen molar-refractivity contribution in [3.8, 4) is 5.75 Å². The van der Waals surface area contributed by atoms with E-state index in [1.54, 1.807) is 0 Å². The van der Waals surface area contributed by atoms with Crippen molar-refractivity contribution in [2.24, 2.45) is 0 Å². The lowest BCUT2D eigenvalue weighted by atomic mass is 10.2. The minimum Gasteiger partial charge on any atom is -0.513 e. The number of carbonyl (C=O) groups excluding carboxylic acids is 2. The largest absolute Gasteiger partial charge is 0.513 e. The van der Waals surface area contributed by atoms with Crippen molar-refractivity contribution < 1.29 is 38.1 Å². The number of carbonyl (C=O) groups is 3. The number of hydrogen-bond acceptors (Lipinski definition) is 9. The number of aromatic hydroxyl groups is 1.